The number of benzene rings is 1. The molecule has 0 N–H and O–H groups in total. The second kappa shape index (κ2) is 3.48. The molecule has 0 fully saturated rings. The third-order valence-electron chi connectivity index (χ3n) is 1.77. The standard InChI is InChI=1S/C9H4INS2/c10-8-6(4-11)9-5(1-2-13-9)3-7(8)12/h1-3,12H. The van der Waals surface area contributed by atoms with E-state index in [0.717, 1.165) is 24.1 Å². The summed E-state index contributed by atoms with van der Waals surface area (Å²) in [5, 5.41) is 12.1. The van der Waals surface area contributed by atoms with Crippen molar-refractivity contribution < 1.29 is 0 Å². The maximum atomic E-state index is 8.98. The highest BCUT2D eigenvalue weighted by Gasteiger charge is 2.09. The van der Waals surface area contributed by atoms with Crippen LogP contribution in [-0.4, -0.2) is 0 Å². The fraction of sp³-hybridized carbons (Fsp3) is 0. The number of nitrogens with zero attached hydrogens (tertiary/aromatic N) is 1. The Morgan fingerprint density at radius 2 is 2.31 bits per heavy atom. The van der Waals surface area contributed by atoms with E-state index in [1.54, 1.807) is 11.3 Å². The molecule has 0 saturated heterocycles. The van der Waals surface area contributed by atoms with Crippen molar-refractivity contribution in [1.29, 1.82) is 5.26 Å². The van der Waals surface area contributed by atoms with Gasteiger partial charge in [0.2, 0.25) is 0 Å². The van der Waals surface area contributed by atoms with E-state index in [9.17, 15) is 0 Å². The van der Waals surface area contributed by atoms with Gasteiger partial charge in [0.05, 0.1) is 10.3 Å². The molecule has 1 aromatic carbocycles. The predicted molar refractivity (Wildman–Crippen MR) is 66.5 cm³/mol. The molecule has 0 radical (unpaired) electrons. The number of halogens is 1. The molecule has 0 bridgehead atoms. The second-order valence-electron chi connectivity index (χ2n) is 2.54. The number of hydrogen-bond donors (Lipinski definition) is 1. The van der Waals surface area contributed by atoms with Crippen molar-refractivity contribution in [3.63, 3.8) is 0 Å². The molecule has 0 aliphatic carbocycles. The van der Waals surface area contributed by atoms with Gasteiger partial charge in [-0.05, 0) is 45.5 Å². The van der Waals surface area contributed by atoms with Crippen LogP contribution in [0.5, 0.6) is 0 Å². The minimum atomic E-state index is 0.748. The van der Waals surface area contributed by atoms with Crippen LogP contribution in [0.1, 0.15) is 5.56 Å². The number of rotatable bonds is 0. The first-order chi connectivity index (χ1) is 6.24. The maximum Gasteiger partial charge on any atom is 0.102 e. The lowest BCUT2D eigenvalue weighted by Gasteiger charge is -2.00. The second-order valence-corrected chi connectivity index (χ2v) is 5.01. The Labute approximate surface area is 98.9 Å². The fourth-order valence-electron chi connectivity index (χ4n) is 1.17. The molecule has 0 saturated carbocycles. The van der Waals surface area contributed by atoms with Crippen molar-refractivity contribution in [2.75, 3.05) is 0 Å². The zero-order valence-corrected chi connectivity index (χ0v) is 10.3. The van der Waals surface area contributed by atoms with Gasteiger partial charge in [-0.15, -0.1) is 24.0 Å². The Bertz CT molecular complexity index is 510. The average molecular weight is 317 g/mol. The summed E-state index contributed by atoms with van der Waals surface area (Å²) in [4.78, 5) is 0.878. The maximum absolute atomic E-state index is 8.98. The number of thiophene rings is 1. The lowest BCUT2D eigenvalue weighted by Crippen LogP contribution is -1.83. The van der Waals surface area contributed by atoms with E-state index in [-0.39, 0.29) is 0 Å². The fourth-order valence-corrected chi connectivity index (χ4v) is 3.03. The summed E-state index contributed by atoms with van der Waals surface area (Å²) < 4.78 is 2.00. The highest BCUT2D eigenvalue weighted by Crippen LogP contribution is 2.32. The van der Waals surface area contributed by atoms with Gasteiger partial charge in [0.25, 0.3) is 0 Å². The third kappa shape index (κ3) is 1.45. The van der Waals surface area contributed by atoms with Crippen molar-refractivity contribution in [3.8, 4) is 6.07 Å². The number of thiol groups is 1. The summed E-state index contributed by atoms with van der Waals surface area (Å²) in [5.74, 6) is 0. The summed E-state index contributed by atoms with van der Waals surface area (Å²) in [7, 11) is 0. The van der Waals surface area contributed by atoms with Gasteiger partial charge < -0.3 is 0 Å². The SMILES string of the molecule is N#Cc1c(I)c(S)cc2ccsc12. The van der Waals surface area contributed by atoms with E-state index in [1.165, 1.54) is 0 Å². The van der Waals surface area contributed by atoms with E-state index in [0.29, 0.717) is 0 Å². The van der Waals surface area contributed by atoms with Gasteiger partial charge in [0, 0.05) is 8.47 Å². The molecule has 4 heteroatoms. The largest absolute Gasteiger partial charge is 0.192 e. The van der Waals surface area contributed by atoms with Crippen LogP contribution in [0.3, 0.4) is 0 Å². The monoisotopic (exact) mass is 317 g/mol. The van der Waals surface area contributed by atoms with Crippen LogP contribution < -0.4 is 0 Å². The quantitative estimate of drug-likeness (QED) is 0.582. The van der Waals surface area contributed by atoms with Gasteiger partial charge in [0.1, 0.15) is 6.07 Å². The Kier molecular flexibility index (Phi) is 2.49. The van der Waals surface area contributed by atoms with E-state index < -0.39 is 0 Å². The Balaban J connectivity index is 2.98. The molecule has 0 spiro atoms. The molecule has 2 rings (SSSR count). The van der Waals surface area contributed by atoms with Gasteiger partial charge in [-0.25, -0.2) is 0 Å². The van der Waals surface area contributed by atoms with Crippen LogP contribution in [0.2, 0.25) is 0 Å². The third-order valence-corrected chi connectivity index (χ3v) is 4.62. The number of hydrogen-bond acceptors (Lipinski definition) is 3. The summed E-state index contributed by atoms with van der Waals surface area (Å²) >= 11 is 8.08. The van der Waals surface area contributed by atoms with E-state index in [4.69, 9.17) is 5.26 Å². The van der Waals surface area contributed by atoms with Crippen molar-refractivity contribution in [2.45, 2.75) is 4.90 Å². The zero-order valence-electron chi connectivity index (χ0n) is 6.41. The van der Waals surface area contributed by atoms with Crippen molar-refractivity contribution in [3.05, 3.63) is 26.6 Å². The molecule has 0 aliphatic rings. The Morgan fingerprint density at radius 3 is 3.00 bits per heavy atom. The minimum absolute atomic E-state index is 0.748. The minimum Gasteiger partial charge on any atom is -0.192 e. The van der Waals surface area contributed by atoms with Crippen LogP contribution in [0.15, 0.2) is 22.4 Å². The normalized spacial score (nSPS) is 10.2. The van der Waals surface area contributed by atoms with Gasteiger partial charge in [-0.2, -0.15) is 5.26 Å². The first-order valence-corrected chi connectivity index (χ1v) is 5.93. The lowest BCUT2D eigenvalue weighted by atomic mass is 10.2. The molecule has 1 nitrogen and oxygen atoms in total. The summed E-state index contributed by atoms with van der Waals surface area (Å²) in [5.41, 5.74) is 0.748. The highest BCUT2D eigenvalue weighted by atomic mass is 127. The molecule has 1 heterocycles. The molecule has 0 amide bonds. The average Bonchev–Trinajstić information content (AvgIpc) is 2.54. The van der Waals surface area contributed by atoms with E-state index in [2.05, 4.69) is 41.3 Å². The van der Waals surface area contributed by atoms with Crippen LogP contribution in [0.25, 0.3) is 10.1 Å². The lowest BCUT2D eigenvalue weighted by molar-refractivity contribution is 1.41. The molecule has 1 aromatic heterocycles. The first kappa shape index (κ1) is 9.31. The van der Waals surface area contributed by atoms with Crippen molar-refractivity contribution in [1.82, 2.24) is 0 Å². The summed E-state index contributed by atoms with van der Waals surface area (Å²) in [6, 6.07) is 6.23. The van der Waals surface area contributed by atoms with Gasteiger partial charge in [0.15, 0.2) is 0 Å². The number of nitriles is 1. The van der Waals surface area contributed by atoms with Crippen molar-refractivity contribution in [2.24, 2.45) is 0 Å². The Morgan fingerprint density at radius 1 is 1.54 bits per heavy atom. The Hall–Kier alpha value is -0.250. The predicted octanol–water partition coefficient (Wildman–Crippen LogP) is 3.67. The number of fused-ring (bicyclic) bond motifs is 1. The zero-order chi connectivity index (χ0) is 9.42. The summed E-state index contributed by atoms with van der Waals surface area (Å²) in [6.07, 6.45) is 0. The molecular formula is C9H4INS2. The van der Waals surface area contributed by atoms with E-state index >= 15 is 0 Å². The van der Waals surface area contributed by atoms with Crippen LogP contribution in [-0.2, 0) is 0 Å². The van der Waals surface area contributed by atoms with Crippen LogP contribution in [0, 0.1) is 14.9 Å². The first-order valence-electron chi connectivity index (χ1n) is 3.53. The summed E-state index contributed by atoms with van der Waals surface area (Å²) in [6.45, 7) is 0. The van der Waals surface area contributed by atoms with E-state index in [1.807, 2.05) is 17.5 Å². The van der Waals surface area contributed by atoms with Crippen LogP contribution in [0.4, 0.5) is 0 Å². The molecule has 64 valence electrons. The van der Waals surface area contributed by atoms with Gasteiger partial charge in [-0.3, -0.25) is 0 Å². The molecule has 2 aromatic rings. The smallest absolute Gasteiger partial charge is 0.102 e. The van der Waals surface area contributed by atoms with Gasteiger partial charge in [-0.1, -0.05) is 0 Å². The molecule has 0 aliphatic heterocycles. The molecule has 13 heavy (non-hydrogen) atoms. The molecule has 0 atom stereocenters. The molecular weight excluding hydrogens is 313 g/mol. The topological polar surface area (TPSA) is 23.8 Å². The molecule has 0 unspecified atom stereocenters. The van der Waals surface area contributed by atoms with Gasteiger partial charge >= 0.3 is 0 Å². The highest BCUT2D eigenvalue weighted by molar-refractivity contribution is 14.1. The van der Waals surface area contributed by atoms with Crippen molar-refractivity contribution >= 4 is 56.6 Å². The van der Waals surface area contributed by atoms with Crippen LogP contribution >= 0.6 is 46.6 Å².